The van der Waals surface area contributed by atoms with Gasteiger partial charge in [-0.1, -0.05) is 0 Å². The normalized spacial score (nSPS) is 10.6. The highest BCUT2D eigenvalue weighted by molar-refractivity contribution is 5.98. The van der Waals surface area contributed by atoms with Crippen LogP contribution in [0.2, 0.25) is 0 Å². The minimum atomic E-state index is -2.68. The van der Waals surface area contributed by atoms with Gasteiger partial charge in [0.1, 0.15) is 5.75 Å². The lowest BCUT2D eigenvalue weighted by Gasteiger charge is -2.12. The van der Waals surface area contributed by atoms with E-state index in [1.54, 1.807) is 6.92 Å². The Morgan fingerprint density at radius 3 is 2.56 bits per heavy atom. The van der Waals surface area contributed by atoms with Crippen molar-refractivity contribution in [2.45, 2.75) is 20.3 Å². The van der Waals surface area contributed by atoms with Gasteiger partial charge in [0.05, 0.1) is 12.2 Å². The molecule has 0 aromatic heterocycles. The summed E-state index contributed by atoms with van der Waals surface area (Å²) in [6.45, 7) is 3.34. The van der Waals surface area contributed by atoms with Crippen molar-refractivity contribution in [1.82, 2.24) is 0 Å². The molecule has 0 aliphatic heterocycles. The van der Waals surface area contributed by atoms with E-state index in [0.29, 0.717) is 6.61 Å². The maximum absolute atomic E-state index is 12.6. The van der Waals surface area contributed by atoms with Crippen molar-refractivity contribution in [1.29, 1.82) is 0 Å². The van der Waals surface area contributed by atoms with E-state index in [4.69, 9.17) is 10.5 Å². The number of halogens is 2. The highest BCUT2D eigenvalue weighted by Crippen LogP contribution is 2.32. The fourth-order valence-electron chi connectivity index (χ4n) is 1.35. The quantitative estimate of drug-likeness (QED) is 0.638. The second-order valence-corrected chi connectivity index (χ2v) is 3.27. The summed E-state index contributed by atoms with van der Waals surface area (Å²) in [6.07, 6.45) is -2.68. The second kappa shape index (κ2) is 4.92. The molecule has 0 heterocycles. The van der Waals surface area contributed by atoms with E-state index in [9.17, 15) is 13.6 Å². The van der Waals surface area contributed by atoms with Gasteiger partial charge in [-0.2, -0.15) is 0 Å². The lowest BCUT2D eigenvalue weighted by molar-refractivity contribution is 0.101. The topological polar surface area (TPSA) is 52.3 Å². The van der Waals surface area contributed by atoms with Crippen LogP contribution < -0.4 is 10.5 Å². The molecular weight excluding hydrogens is 216 g/mol. The van der Waals surface area contributed by atoms with Crippen LogP contribution in [0, 0.1) is 0 Å². The monoisotopic (exact) mass is 229 g/mol. The van der Waals surface area contributed by atoms with Crippen LogP contribution in [-0.2, 0) is 0 Å². The van der Waals surface area contributed by atoms with Crippen molar-refractivity contribution in [3.63, 3.8) is 0 Å². The average molecular weight is 229 g/mol. The largest absolute Gasteiger partial charge is 0.493 e. The first-order valence-electron chi connectivity index (χ1n) is 4.82. The van der Waals surface area contributed by atoms with Crippen LogP contribution in [0.15, 0.2) is 12.1 Å². The molecule has 0 spiro atoms. The summed E-state index contributed by atoms with van der Waals surface area (Å²) in [6, 6.07) is 2.36. The Bertz CT molecular complexity index is 405. The van der Waals surface area contributed by atoms with Gasteiger partial charge in [-0.15, -0.1) is 0 Å². The highest BCUT2D eigenvalue weighted by atomic mass is 19.3. The number of alkyl halides is 2. The van der Waals surface area contributed by atoms with Crippen LogP contribution in [-0.4, -0.2) is 12.4 Å². The molecule has 2 N–H and O–H groups in total. The van der Waals surface area contributed by atoms with Crippen molar-refractivity contribution >= 4 is 11.5 Å². The van der Waals surface area contributed by atoms with Crippen LogP contribution in [0.3, 0.4) is 0 Å². The van der Waals surface area contributed by atoms with Crippen molar-refractivity contribution in [2.75, 3.05) is 12.3 Å². The van der Waals surface area contributed by atoms with Gasteiger partial charge in [0.15, 0.2) is 5.78 Å². The molecule has 16 heavy (non-hydrogen) atoms. The lowest BCUT2D eigenvalue weighted by Crippen LogP contribution is -2.05. The third-order valence-corrected chi connectivity index (χ3v) is 2.10. The molecule has 0 aliphatic carbocycles. The molecule has 0 atom stereocenters. The number of hydrogen-bond acceptors (Lipinski definition) is 3. The zero-order valence-electron chi connectivity index (χ0n) is 9.09. The number of carbonyl (C=O) groups is 1. The highest BCUT2D eigenvalue weighted by Gasteiger charge is 2.17. The number of Topliss-reactive ketones (excluding diaryl/α,β-unsaturated/α-hetero) is 1. The molecule has 1 aromatic rings. The maximum Gasteiger partial charge on any atom is 0.265 e. The number of hydrogen-bond donors (Lipinski definition) is 1. The Hall–Kier alpha value is -1.65. The van der Waals surface area contributed by atoms with Crippen LogP contribution in [0.4, 0.5) is 14.5 Å². The van der Waals surface area contributed by atoms with Crippen molar-refractivity contribution in [3.05, 3.63) is 23.3 Å². The predicted octanol–water partition coefficient (Wildman–Crippen LogP) is 2.81. The van der Waals surface area contributed by atoms with Crippen molar-refractivity contribution in [2.24, 2.45) is 0 Å². The number of anilines is 1. The van der Waals surface area contributed by atoms with E-state index in [0.717, 1.165) is 6.07 Å². The summed E-state index contributed by atoms with van der Waals surface area (Å²) >= 11 is 0. The predicted molar refractivity (Wildman–Crippen MR) is 57.0 cm³/mol. The average Bonchev–Trinajstić information content (AvgIpc) is 2.19. The third-order valence-electron chi connectivity index (χ3n) is 2.10. The van der Waals surface area contributed by atoms with Gasteiger partial charge in [0.2, 0.25) is 0 Å². The van der Waals surface area contributed by atoms with Gasteiger partial charge in [-0.3, -0.25) is 4.79 Å². The van der Waals surface area contributed by atoms with Gasteiger partial charge in [0.25, 0.3) is 6.43 Å². The first kappa shape index (κ1) is 12.4. The van der Waals surface area contributed by atoms with Gasteiger partial charge in [-0.05, 0) is 26.0 Å². The number of benzene rings is 1. The van der Waals surface area contributed by atoms with E-state index in [1.165, 1.54) is 13.0 Å². The zero-order valence-corrected chi connectivity index (χ0v) is 9.09. The van der Waals surface area contributed by atoms with Crippen molar-refractivity contribution < 1.29 is 18.3 Å². The lowest BCUT2D eigenvalue weighted by atomic mass is 10.1. The fourth-order valence-corrected chi connectivity index (χ4v) is 1.35. The standard InChI is InChI=1S/C11H13F2NO2/c1-3-16-10-5-8(11(12)13)9(14)4-7(10)6(2)15/h4-5,11H,3,14H2,1-2H3. The fraction of sp³-hybridized carbons (Fsp3) is 0.364. The molecule has 0 bridgehead atoms. The minimum absolute atomic E-state index is 0.0938. The van der Waals surface area contributed by atoms with Crippen LogP contribution in [0.1, 0.15) is 36.2 Å². The number of ketones is 1. The Balaban J connectivity index is 3.31. The molecule has 88 valence electrons. The number of rotatable bonds is 4. The number of nitrogens with two attached hydrogens (primary N) is 1. The molecule has 0 saturated heterocycles. The molecule has 1 aromatic carbocycles. The number of carbonyl (C=O) groups excluding carboxylic acids is 1. The van der Waals surface area contributed by atoms with E-state index in [2.05, 4.69) is 0 Å². The molecule has 1 rings (SSSR count). The van der Waals surface area contributed by atoms with E-state index >= 15 is 0 Å². The Morgan fingerprint density at radius 2 is 2.12 bits per heavy atom. The second-order valence-electron chi connectivity index (χ2n) is 3.27. The molecule has 0 fully saturated rings. The maximum atomic E-state index is 12.6. The first-order valence-corrected chi connectivity index (χ1v) is 4.82. The van der Waals surface area contributed by atoms with E-state index < -0.39 is 6.43 Å². The van der Waals surface area contributed by atoms with Crippen LogP contribution in [0.5, 0.6) is 5.75 Å². The molecule has 3 nitrogen and oxygen atoms in total. The first-order chi connectivity index (χ1) is 7.47. The number of ether oxygens (including phenoxy) is 1. The summed E-state index contributed by atoms with van der Waals surface area (Å²) in [7, 11) is 0. The summed E-state index contributed by atoms with van der Waals surface area (Å²) in [4.78, 5) is 11.3. The molecule has 0 saturated carbocycles. The molecule has 0 unspecified atom stereocenters. The van der Waals surface area contributed by atoms with Crippen LogP contribution in [0.25, 0.3) is 0 Å². The zero-order chi connectivity index (χ0) is 12.3. The minimum Gasteiger partial charge on any atom is -0.493 e. The molecule has 0 aliphatic rings. The van der Waals surface area contributed by atoms with Gasteiger partial charge < -0.3 is 10.5 Å². The van der Waals surface area contributed by atoms with Gasteiger partial charge >= 0.3 is 0 Å². The summed E-state index contributed by atoms with van der Waals surface area (Å²) in [5.41, 5.74) is 5.26. The van der Waals surface area contributed by atoms with Gasteiger partial charge in [0, 0.05) is 11.3 Å². The van der Waals surface area contributed by atoms with E-state index in [1.807, 2.05) is 0 Å². The molecule has 0 amide bonds. The van der Waals surface area contributed by atoms with Gasteiger partial charge in [-0.25, -0.2) is 8.78 Å². The summed E-state index contributed by atoms with van der Waals surface area (Å²) in [5, 5.41) is 0. The SMILES string of the molecule is CCOc1cc(C(F)F)c(N)cc1C(C)=O. The summed E-state index contributed by atoms with van der Waals surface area (Å²) < 4.78 is 30.3. The van der Waals surface area contributed by atoms with Crippen molar-refractivity contribution in [3.8, 4) is 5.75 Å². The Kier molecular flexibility index (Phi) is 3.82. The number of nitrogen functional groups attached to an aromatic ring is 1. The smallest absolute Gasteiger partial charge is 0.265 e. The third kappa shape index (κ3) is 2.48. The Labute approximate surface area is 92.2 Å². The Morgan fingerprint density at radius 1 is 1.50 bits per heavy atom. The molecule has 5 heteroatoms. The van der Waals surface area contributed by atoms with E-state index in [-0.39, 0.29) is 28.3 Å². The summed E-state index contributed by atoms with van der Waals surface area (Å²) in [5.74, 6) is -0.115. The van der Waals surface area contributed by atoms with Crippen LogP contribution >= 0.6 is 0 Å². The molecular formula is C11H13F2NO2. The molecule has 0 radical (unpaired) electrons.